The van der Waals surface area contributed by atoms with Crippen LogP contribution in [0.4, 0.5) is 5.82 Å². The van der Waals surface area contributed by atoms with Gasteiger partial charge in [-0.2, -0.15) is 4.98 Å². The molecule has 6 heteroatoms. The highest BCUT2D eigenvalue weighted by Gasteiger charge is 2.28. The number of anilines is 1. The van der Waals surface area contributed by atoms with Gasteiger partial charge in [-0.3, -0.25) is 4.79 Å². The maximum atomic E-state index is 12.7. The molecule has 4 rings (SSSR count). The van der Waals surface area contributed by atoms with Gasteiger partial charge in [0.25, 0.3) is 0 Å². The van der Waals surface area contributed by atoms with Crippen LogP contribution in [0.2, 0.25) is 0 Å². The molecule has 1 atom stereocenters. The van der Waals surface area contributed by atoms with E-state index in [4.69, 9.17) is 9.40 Å². The Kier molecular flexibility index (Phi) is 5.75. The standard InChI is InChI=1S/C24H30N4O2/c1-15(19-8-6-5-7-9-19)14-25-23(29)20-10-12-28(13-11-20)22-21-16(2)17(3)30-24(21)27-18(4)26-22/h5-9,15,20H,10-14H2,1-4H3,(H,25,29)/t15-/m0/s1. The molecule has 1 fully saturated rings. The van der Waals surface area contributed by atoms with Gasteiger partial charge in [0.15, 0.2) is 0 Å². The molecule has 0 bridgehead atoms. The van der Waals surface area contributed by atoms with Gasteiger partial charge in [-0.25, -0.2) is 4.98 Å². The summed E-state index contributed by atoms with van der Waals surface area (Å²) in [4.78, 5) is 24.2. The number of rotatable bonds is 5. The fourth-order valence-corrected chi connectivity index (χ4v) is 4.21. The van der Waals surface area contributed by atoms with Crippen molar-refractivity contribution in [2.75, 3.05) is 24.5 Å². The number of hydrogen-bond donors (Lipinski definition) is 1. The van der Waals surface area contributed by atoms with Crippen LogP contribution in [-0.2, 0) is 4.79 Å². The number of piperidine rings is 1. The van der Waals surface area contributed by atoms with E-state index in [-0.39, 0.29) is 11.8 Å². The van der Waals surface area contributed by atoms with Gasteiger partial charge in [-0.05, 0) is 45.1 Å². The topological polar surface area (TPSA) is 71.3 Å². The van der Waals surface area contributed by atoms with Crippen LogP contribution in [0.25, 0.3) is 11.1 Å². The highest BCUT2D eigenvalue weighted by Crippen LogP contribution is 2.33. The SMILES string of the molecule is Cc1nc(N2CCC(C(=O)NC[C@H](C)c3ccccc3)CC2)c2c(C)c(C)oc2n1. The molecule has 1 aliphatic heterocycles. The Labute approximate surface area is 177 Å². The number of fused-ring (bicyclic) bond motifs is 1. The second kappa shape index (κ2) is 8.46. The smallest absolute Gasteiger partial charge is 0.231 e. The molecule has 6 nitrogen and oxygen atoms in total. The van der Waals surface area contributed by atoms with E-state index in [0.717, 1.165) is 48.5 Å². The first kappa shape index (κ1) is 20.4. The average Bonchev–Trinajstić information content (AvgIpc) is 3.05. The van der Waals surface area contributed by atoms with E-state index >= 15 is 0 Å². The molecule has 0 saturated carbocycles. The summed E-state index contributed by atoms with van der Waals surface area (Å²) in [5, 5.41) is 4.16. The van der Waals surface area contributed by atoms with Crippen molar-refractivity contribution in [3.63, 3.8) is 0 Å². The summed E-state index contributed by atoms with van der Waals surface area (Å²) in [5.74, 6) is 3.05. The summed E-state index contributed by atoms with van der Waals surface area (Å²) in [6, 6.07) is 10.3. The Hall–Kier alpha value is -2.89. The number of nitrogens with zero attached hydrogens (tertiary/aromatic N) is 3. The van der Waals surface area contributed by atoms with Crippen LogP contribution >= 0.6 is 0 Å². The van der Waals surface area contributed by atoms with Gasteiger partial charge in [0.2, 0.25) is 11.6 Å². The van der Waals surface area contributed by atoms with Gasteiger partial charge in [0.1, 0.15) is 17.4 Å². The first-order valence-corrected chi connectivity index (χ1v) is 10.8. The first-order chi connectivity index (χ1) is 14.4. The van der Waals surface area contributed by atoms with Crippen LogP contribution in [0.15, 0.2) is 34.7 Å². The van der Waals surface area contributed by atoms with E-state index in [1.807, 2.05) is 32.0 Å². The summed E-state index contributed by atoms with van der Waals surface area (Å²) < 4.78 is 5.82. The Bertz CT molecular complexity index is 1040. The molecule has 1 aromatic carbocycles. The average molecular weight is 407 g/mol. The summed E-state index contributed by atoms with van der Waals surface area (Å²) >= 11 is 0. The lowest BCUT2D eigenvalue weighted by molar-refractivity contribution is -0.125. The summed E-state index contributed by atoms with van der Waals surface area (Å²) in [6.07, 6.45) is 1.65. The van der Waals surface area contributed by atoms with Gasteiger partial charge in [-0.15, -0.1) is 0 Å². The zero-order valence-electron chi connectivity index (χ0n) is 18.2. The lowest BCUT2D eigenvalue weighted by Crippen LogP contribution is -2.41. The minimum Gasteiger partial charge on any atom is -0.443 e. The fraction of sp³-hybridized carbons (Fsp3) is 0.458. The zero-order valence-corrected chi connectivity index (χ0v) is 18.2. The van der Waals surface area contributed by atoms with E-state index in [2.05, 4.69) is 41.2 Å². The van der Waals surface area contributed by atoms with Crippen LogP contribution < -0.4 is 10.2 Å². The van der Waals surface area contributed by atoms with Gasteiger partial charge < -0.3 is 14.6 Å². The number of aromatic nitrogens is 2. The number of furan rings is 1. The third kappa shape index (κ3) is 4.04. The molecule has 0 spiro atoms. The summed E-state index contributed by atoms with van der Waals surface area (Å²) in [5.41, 5.74) is 3.00. The van der Waals surface area contributed by atoms with Gasteiger partial charge in [0, 0.05) is 31.1 Å². The third-order valence-electron chi connectivity index (χ3n) is 6.24. The number of carbonyl (C=O) groups excluding carboxylic acids is 1. The van der Waals surface area contributed by atoms with E-state index < -0.39 is 0 Å². The normalized spacial score (nSPS) is 16.1. The van der Waals surface area contributed by atoms with Crippen molar-refractivity contribution in [2.24, 2.45) is 5.92 Å². The van der Waals surface area contributed by atoms with Crippen LogP contribution in [-0.4, -0.2) is 35.5 Å². The van der Waals surface area contributed by atoms with Gasteiger partial charge >= 0.3 is 0 Å². The zero-order chi connectivity index (χ0) is 21.3. The molecular weight excluding hydrogens is 376 g/mol. The monoisotopic (exact) mass is 406 g/mol. The van der Waals surface area contributed by atoms with Gasteiger partial charge in [-0.1, -0.05) is 37.3 Å². The van der Waals surface area contributed by atoms with E-state index in [1.165, 1.54) is 5.56 Å². The highest BCUT2D eigenvalue weighted by molar-refractivity contribution is 5.90. The molecule has 0 aliphatic carbocycles. The lowest BCUT2D eigenvalue weighted by atomic mass is 9.95. The summed E-state index contributed by atoms with van der Waals surface area (Å²) in [7, 11) is 0. The van der Waals surface area contributed by atoms with Crippen molar-refractivity contribution in [1.29, 1.82) is 0 Å². The number of benzene rings is 1. The molecule has 0 radical (unpaired) electrons. The van der Waals surface area contributed by atoms with Crippen molar-refractivity contribution in [2.45, 2.75) is 46.5 Å². The van der Waals surface area contributed by atoms with E-state index in [9.17, 15) is 4.79 Å². The van der Waals surface area contributed by atoms with E-state index in [1.54, 1.807) is 0 Å². The Morgan fingerprint density at radius 2 is 1.87 bits per heavy atom. The second-order valence-corrected chi connectivity index (χ2v) is 8.38. The molecule has 1 amide bonds. The lowest BCUT2D eigenvalue weighted by Gasteiger charge is -2.32. The maximum absolute atomic E-state index is 12.7. The molecule has 30 heavy (non-hydrogen) atoms. The number of hydrogen-bond acceptors (Lipinski definition) is 5. The minimum atomic E-state index is 0.0508. The first-order valence-electron chi connectivity index (χ1n) is 10.8. The van der Waals surface area contributed by atoms with Crippen LogP contribution in [0.1, 0.15) is 48.4 Å². The highest BCUT2D eigenvalue weighted by atomic mass is 16.3. The Morgan fingerprint density at radius 3 is 2.57 bits per heavy atom. The minimum absolute atomic E-state index is 0.0508. The number of amides is 1. The number of carbonyl (C=O) groups is 1. The predicted octanol–water partition coefficient (Wildman–Crippen LogP) is 4.28. The van der Waals surface area contributed by atoms with E-state index in [0.29, 0.717) is 24.0 Å². The van der Waals surface area contributed by atoms with Crippen LogP contribution in [0.5, 0.6) is 0 Å². The van der Waals surface area contributed by atoms with Gasteiger partial charge in [0.05, 0.1) is 5.39 Å². The molecule has 3 heterocycles. The Balaban J connectivity index is 1.38. The van der Waals surface area contributed by atoms with Crippen LogP contribution in [0.3, 0.4) is 0 Å². The van der Waals surface area contributed by atoms with Crippen molar-refractivity contribution in [3.05, 3.63) is 53.0 Å². The quantitative estimate of drug-likeness (QED) is 0.685. The van der Waals surface area contributed by atoms with Crippen LogP contribution in [0, 0.1) is 26.7 Å². The molecular formula is C24H30N4O2. The summed E-state index contributed by atoms with van der Waals surface area (Å²) in [6.45, 7) is 10.3. The maximum Gasteiger partial charge on any atom is 0.231 e. The second-order valence-electron chi connectivity index (χ2n) is 8.38. The molecule has 1 N–H and O–H groups in total. The van der Waals surface area contributed by atoms with Crippen molar-refractivity contribution >= 4 is 22.8 Å². The van der Waals surface area contributed by atoms with Crippen molar-refractivity contribution in [3.8, 4) is 0 Å². The molecule has 3 aromatic rings. The molecule has 2 aromatic heterocycles. The fourth-order valence-electron chi connectivity index (χ4n) is 4.21. The molecule has 1 saturated heterocycles. The third-order valence-corrected chi connectivity index (χ3v) is 6.24. The molecule has 1 aliphatic rings. The Morgan fingerprint density at radius 1 is 1.17 bits per heavy atom. The number of aryl methyl sites for hydroxylation is 3. The van der Waals surface area contributed by atoms with Crippen molar-refractivity contribution in [1.82, 2.24) is 15.3 Å². The molecule has 158 valence electrons. The predicted molar refractivity (Wildman–Crippen MR) is 119 cm³/mol. The number of nitrogens with one attached hydrogen (secondary N) is 1. The largest absolute Gasteiger partial charge is 0.443 e. The molecule has 0 unspecified atom stereocenters. The van der Waals surface area contributed by atoms with Crippen molar-refractivity contribution < 1.29 is 9.21 Å².